The van der Waals surface area contributed by atoms with Crippen LogP contribution in [0.2, 0.25) is 15.1 Å². The van der Waals surface area contributed by atoms with E-state index in [0.29, 0.717) is 47.0 Å². The van der Waals surface area contributed by atoms with Crippen molar-refractivity contribution in [2.45, 2.75) is 20.1 Å². The van der Waals surface area contributed by atoms with Crippen molar-refractivity contribution in [1.82, 2.24) is 0 Å². The molecule has 32 heavy (non-hydrogen) atoms. The summed E-state index contributed by atoms with van der Waals surface area (Å²) in [7, 11) is 0. The van der Waals surface area contributed by atoms with E-state index in [2.05, 4.69) is 21.2 Å². The second-order valence-corrected chi connectivity index (χ2v) is 8.80. The molecule has 0 unspecified atom stereocenters. The number of nitrogens with one attached hydrogen (secondary N) is 1. The highest BCUT2D eigenvalue weighted by Crippen LogP contribution is 2.38. The SMILES string of the molecule is CCOc1cc(CNc2ccc(C(=O)O)c(Cl)c2)cc(Br)c1OCc1ccc(Cl)c(Cl)c1. The summed E-state index contributed by atoms with van der Waals surface area (Å²) < 4.78 is 12.5. The topological polar surface area (TPSA) is 67.8 Å². The number of rotatable bonds is 9. The van der Waals surface area contributed by atoms with Crippen LogP contribution in [0.3, 0.4) is 0 Å². The molecule has 0 fully saturated rings. The monoisotopic (exact) mass is 557 g/mol. The molecule has 168 valence electrons. The molecule has 0 aliphatic heterocycles. The van der Waals surface area contributed by atoms with Gasteiger partial charge in [-0.1, -0.05) is 40.9 Å². The fraction of sp³-hybridized carbons (Fsp3) is 0.174. The number of aromatic carboxylic acids is 1. The molecule has 9 heteroatoms. The Hall–Kier alpha value is -2.12. The zero-order chi connectivity index (χ0) is 23.3. The minimum atomic E-state index is -1.07. The molecule has 0 aliphatic carbocycles. The van der Waals surface area contributed by atoms with Gasteiger partial charge < -0.3 is 19.9 Å². The molecule has 0 aromatic heterocycles. The lowest BCUT2D eigenvalue weighted by atomic mass is 10.1. The van der Waals surface area contributed by atoms with Crippen molar-refractivity contribution < 1.29 is 19.4 Å². The summed E-state index contributed by atoms with van der Waals surface area (Å²) in [5.74, 6) is 0.108. The summed E-state index contributed by atoms with van der Waals surface area (Å²) in [6, 6.07) is 13.9. The lowest BCUT2D eigenvalue weighted by Crippen LogP contribution is -2.04. The van der Waals surface area contributed by atoms with E-state index in [1.54, 1.807) is 24.3 Å². The maximum absolute atomic E-state index is 11.1. The van der Waals surface area contributed by atoms with Gasteiger partial charge in [0.25, 0.3) is 0 Å². The van der Waals surface area contributed by atoms with Gasteiger partial charge in [0.05, 0.1) is 31.7 Å². The highest BCUT2D eigenvalue weighted by molar-refractivity contribution is 9.10. The normalized spacial score (nSPS) is 10.7. The van der Waals surface area contributed by atoms with Crippen molar-refractivity contribution in [3.63, 3.8) is 0 Å². The number of carboxylic acids is 1. The molecule has 0 saturated heterocycles. The quantitative estimate of drug-likeness (QED) is 0.281. The zero-order valence-corrected chi connectivity index (χ0v) is 20.8. The van der Waals surface area contributed by atoms with Crippen molar-refractivity contribution in [2.24, 2.45) is 0 Å². The number of carboxylic acid groups (broad SMARTS) is 1. The van der Waals surface area contributed by atoms with Gasteiger partial charge in [-0.25, -0.2) is 4.79 Å². The van der Waals surface area contributed by atoms with Crippen molar-refractivity contribution in [2.75, 3.05) is 11.9 Å². The first-order chi connectivity index (χ1) is 15.3. The molecule has 0 heterocycles. The molecule has 0 spiro atoms. The molecule has 3 rings (SSSR count). The molecular formula is C23H19BrCl3NO4. The molecule has 3 aromatic rings. The first-order valence-corrected chi connectivity index (χ1v) is 11.5. The maximum atomic E-state index is 11.1. The fourth-order valence-corrected chi connectivity index (χ4v) is 4.10. The number of benzene rings is 3. The molecule has 3 aromatic carbocycles. The van der Waals surface area contributed by atoms with Gasteiger partial charge >= 0.3 is 5.97 Å². The van der Waals surface area contributed by atoms with E-state index in [1.165, 1.54) is 6.07 Å². The van der Waals surface area contributed by atoms with Gasteiger partial charge in [0.2, 0.25) is 0 Å². The van der Waals surface area contributed by atoms with Gasteiger partial charge in [-0.15, -0.1) is 0 Å². The Kier molecular flexibility index (Phi) is 8.54. The first-order valence-electron chi connectivity index (χ1n) is 9.57. The molecular weight excluding hydrogens is 541 g/mol. The second-order valence-electron chi connectivity index (χ2n) is 6.73. The summed E-state index contributed by atoms with van der Waals surface area (Å²) in [4.78, 5) is 11.1. The molecule has 0 radical (unpaired) electrons. The van der Waals surface area contributed by atoms with Gasteiger partial charge in [-0.2, -0.15) is 0 Å². The summed E-state index contributed by atoms with van der Waals surface area (Å²) in [6.07, 6.45) is 0. The highest BCUT2D eigenvalue weighted by Gasteiger charge is 2.14. The minimum Gasteiger partial charge on any atom is -0.490 e. The van der Waals surface area contributed by atoms with Crippen molar-refractivity contribution >= 4 is 62.4 Å². The van der Waals surface area contributed by atoms with Crippen LogP contribution in [0.25, 0.3) is 0 Å². The van der Waals surface area contributed by atoms with Gasteiger partial charge in [0.1, 0.15) is 6.61 Å². The predicted molar refractivity (Wildman–Crippen MR) is 132 cm³/mol. The third-order valence-electron chi connectivity index (χ3n) is 4.43. The van der Waals surface area contributed by atoms with Gasteiger partial charge in [0.15, 0.2) is 11.5 Å². The number of hydrogen-bond acceptors (Lipinski definition) is 4. The predicted octanol–water partition coefficient (Wildman–Crippen LogP) is 7.70. The number of halogens is 4. The third-order valence-corrected chi connectivity index (χ3v) is 6.07. The lowest BCUT2D eigenvalue weighted by molar-refractivity contribution is 0.0697. The maximum Gasteiger partial charge on any atom is 0.337 e. The average molecular weight is 560 g/mol. The Morgan fingerprint density at radius 1 is 0.969 bits per heavy atom. The number of ether oxygens (including phenoxy) is 2. The zero-order valence-electron chi connectivity index (χ0n) is 16.9. The number of hydrogen-bond donors (Lipinski definition) is 2. The smallest absolute Gasteiger partial charge is 0.337 e. The molecule has 0 saturated carbocycles. The Labute approximate surface area is 209 Å². The molecule has 0 atom stereocenters. The molecule has 2 N–H and O–H groups in total. The van der Waals surface area contributed by atoms with Gasteiger partial charge in [-0.05, 0) is 76.4 Å². The first kappa shape index (κ1) is 24.5. The highest BCUT2D eigenvalue weighted by atomic mass is 79.9. The Morgan fingerprint density at radius 3 is 2.41 bits per heavy atom. The van der Waals surface area contributed by atoms with E-state index in [4.69, 9.17) is 49.4 Å². The lowest BCUT2D eigenvalue weighted by Gasteiger charge is -2.16. The van der Waals surface area contributed by atoms with E-state index in [0.717, 1.165) is 15.6 Å². The van der Waals surface area contributed by atoms with Crippen LogP contribution in [0, 0.1) is 0 Å². The standard InChI is InChI=1S/C23H19BrCl3NO4/c1-2-31-21-9-14(11-28-15-4-5-16(23(29)30)19(26)10-15)7-17(24)22(21)32-12-13-3-6-18(25)20(27)8-13/h3-10,28H,2,11-12H2,1H3,(H,29,30). The summed E-state index contributed by atoms with van der Waals surface area (Å²) in [5, 5.41) is 13.5. The van der Waals surface area contributed by atoms with Crippen molar-refractivity contribution in [3.05, 3.63) is 84.8 Å². The summed E-state index contributed by atoms with van der Waals surface area (Å²) >= 11 is 21.7. The van der Waals surface area contributed by atoms with Crippen LogP contribution in [-0.2, 0) is 13.2 Å². The van der Waals surface area contributed by atoms with Crippen LogP contribution >= 0.6 is 50.7 Å². The second kappa shape index (κ2) is 11.1. The molecule has 5 nitrogen and oxygen atoms in total. The van der Waals surface area contributed by atoms with Crippen molar-refractivity contribution in [3.8, 4) is 11.5 Å². The number of anilines is 1. The van der Waals surface area contributed by atoms with Crippen molar-refractivity contribution in [1.29, 1.82) is 0 Å². The van der Waals surface area contributed by atoms with E-state index >= 15 is 0 Å². The Morgan fingerprint density at radius 2 is 1.75 bits per heavy atom. The van der Waals surface area contributed by atoms with E-state index < -0.39 is 5.97 Å². The molecule has 0 bridgehead atoms. The van der Waals surface area contributed by atoms with Crippen LogP contribution in [0.1, 0.15) is 28.4 Å². The minimum absolute atomic E-state index is 0.0575. The van der Waals surface area contributed by atoms with Gasteiger partial charge in [-0.3, -0.25) is 0 Å². The number of carbonyl (C=O) groups is 1. The van der Waals surface area contributed by atoms with Crippen LogP contribution in [-0.4, -0.2) is 17.7 Å². The largest absolute Gasteiger partial charge is 0.490 e. The summed E-state index contributed by atoms with van der Waals surface area (Å²) in [5.41, 5.74) is 2.57. The van der Waals surface area contributed by atoms with E-state index in [1.807, 2.05) is 25.1 Å². The molecule has 0 amide bonds. The Balaban J connectivity index is 1.75. The van der Waals surface area contributed by atoms with Crippen LogP contribution in [0.15, 0.2) is 53.0 Å². The average Bonchev–Trinajstić information content (AvgIpc) is 2.74. The van der Waals surface area contributed by atoms with Crippen LogP contribution < -0.4 is 14.8 Å². The Bertz CT molecular complexity index is 1140. The van der Waals surface area contributed by atoms with E-state index in [9.17, 15) is 4.79 Å². The molecule has 0 aliphatic rings. The van der Waals surface area contributed by atoms with E-state index in [-0.39, 0.29) is 10.6 Å². The third kappa shape index (κ3) is 6.23. The van der Waals surface area contributed by atoms with Gasteiger partial charge in [0, 0.05) is 12.2 Å². The fourth-order valence-electron chi connectivity index (χ4n) is 2.91. The van der Waals surface area contributed by atoms with Crippen LogP contribution in [0.5, 0.6) is 11.5 Å². The summed E-state index contributed by atoms with van der Waals surface area (Å²) in [6.45, 7) is 3.13. The van der Waals surface area contributed by atoms with Crippen LogP contribution in [0.4, 0.5) is 5.69 Å².